The molecule has 0 bridgehead atoms. The van der Waals surface area contributed by atoms with E-state index in [1.54, 1.807) is 12.1 Å². The van der Waals surface area contributed by atoms with Gasteiger partial charge in [0.05, 0.1) is 23.7 Å². The highest BCUT2D eigenvalue weighted by atomic mass is 16.5. The van der Waals surface area contributed by atoms with Gasteiger partial charge in [-0.25, -0.2) is 4.98 Å². The Morgan fingerprint density at radius 2 is 2.38 bits per heavy atom. The van der Waals surface area contributed by atoms with Gasteiger partial charge in [0.25, 0.3) is 0 Å². The van der Waals surface area contributed by atoms with Crippen LogP contribution in [0, 0.1) is 0 Å². The number of aromatic amines is 1. The maximum atomic E-state index is 9.37. The van der Waals surface area contributed by atoms with Gasteiger partial charge < -0.3 is 14.8 Å². The Labute approximate surface area is 93.3 Å². The molecule has 2 unspecified atom stereocenters. The van der Waals surface area contributed by atoms with Crippen LogP contribution in [0.2, 0.25) is 0 Å². The predicted molar refractivity (Wildman–Crippen MR) is 60.5 cm³/mol. The van der Waals surface area contributed by atoms with E-state index in [-0.39, 0.29) is 5.75 Å². The van der Waals surface area contributed by atoms with Gasteiger partial charge in [0, 0.05) is 12.0 Å². The minimum absolute atomic E-state index is 0.263. The van der Waals surface area contributed by atoms with Gasteiger partial charge in [-0.1, -0.05) is 0 Å². The van der Waals surface area contributed by atoms with Crippen LogP contribution in [0.4, 0.5) is 0 Å². The fraction of sp³-hybridized carbons (Fsp3) is 0.417. The van der Waals surface area contributed by atoms with Crippen molar-refractivity contribution in [3.8, 4) is 5.75 Å². The van der Waals surface area contributed by atoms with E-state index in [4.69, 9.17) is 4.74 Å². The summed E-state index contributed by atoms with van der Waals surface area (Å²) in [6.45, 7) is 2.81. The maximum Gasteiger partial charge on any atom is 0.117 e. The molecular formula is C12H14N2O2. The lowest BCUT2D eigenvalue weighted by Crippen LogP contribution is -1.99. The molecule has 3 rings (SSSR count). The van der Waals surface area contributed by atoms with Gasteiger partial charge in [-0.2, -0.15) is 0 Å². The van der Waals surface area contributed by atoms with Crippen LogP contribution < -0.4 is 0 Å². The van der Waals surface area contributed by atoms with Crippen molar-refractivity contribution in [3.05, 3.63) is 24.0 Å². The number of nitrogens with one attached hydrogen (secondary N) is 1. The number of imidazole rings is 1. The number of rotatable bonds is 1. The number of phenols is 1. The van der Waals surface area contributed by atoms with Crippen molar-refractivity contribution in [1.29, 1.82) is 0 Å². The fourth-order valence-electron chi connectivity index (χ4n) is 2.22. The zero-order valence-electron chi connectivity index (χ0n) is 9.10. The molecule has 2 aromatic rings. The van der Waals surface area contributed by atoms with E-state index in [0.29, 0.717) is 12.0 Å². The highest BCUT2D eigenvalue weighted by Gasteiger charge is 2.25. The van der Waals surface area contributed by atoms with Crippen LogP contribution in [-0.2, 0) is 4.74 Å². The zero-order chi connectivity index (χ0) is 11.1. The van der Waals surface area contributed by atoms with Crippen molar-refractivity contribution >= 4 is 11.0 Å². The van der Waals surface area contributed by atoms with Gasteiger partial charge in [-0.05, 0) is 25.5 Å². The molecule has 0 aliphatic carbocycles. The third kappa shape index (κ3) is 1.55. The van der Waals surface area contributed by atoms with Crippen molar-refractivity contribution in [3.63, 3.8) is 0 Å². The van der Waals surface area contributed by atoms with Crippen LogP contribution in [-0.4, -0.2) is 27.8 Å². The van der Waals surface area contributed by atoms with Crippen LogP contribution >= 0.6 is 0 Å². The number of ether oxygens (including phenoxy) is 1. The van der Waals surface area contributed by atoms with Gasteiger partial charge in [0.1, 0.15) is 11.6 Å². The van der Waals surface area contributed by atoms with Crippen LogP contribution in [0.25, 0.3) is 11.0 Å². The number of aromatic nitrogens is 2. The molecule has 1 aliphatic heterocycles. The van der Waals surface area contributed by atoms with Crippen LogP contribution in [0.5, 0.6) is 5.75 Å². The predicted octanol–water partition coefficient (Wildman–Crippen LogP) is 2.16. The number of hydrogen-bond acceptors (Lipinski definition) is 3. The molecule has 4 heteroatoms. The van der Waals surface area contributed by atoms with Crippen LogP contribution in [0.3, 0.4) is 0 Å². The molecule has 1 aromatic heterocycles. The third-order valence-corrected chi connectivity index (χ3v) is 3.07. The van der Waals surface area contributed by atoms with Gasteiger partial charge >= 0.3 is 0 Å². The van der Waals surface area contributed by atoms with Crippen molar-refractivity contribution in [2.45, 2.75) is 25.4 Å². The Morgan fingerprint density at radius 3 is 3.12 bits per heavy atom. The second-order valence-electron chi connectivity index (χ2n) is 4.40. The largest absolute Gasteiger partial charge is 0.508 e. The lowest BCUT2D eigenvalue weighted by atomic mass is 10.1. The minimum Gasteiger partial charge on any atom is -0.508 e. The molecule has 0 amide bonds. The third-order valence-electron chi connectivity index (χ3n) is 3.07. The zero-order valence-corrected chi connectivity index (χ0v) is 9.10. The van der Waals surface area contributed by atoms with Crippen molar-refractivity contribution < 1.29 is 9.84 Å². The van der Waals surface area contributed by atoms with E-state index in [1.807, 2.05) is 6.07 Å². The maximum absolute atomic E-state index is 9.37. The fourth-order valence-corrected chi connectivity index (χ4v) is 2.22. The highest BCUT2D eigenvalue weighted by Crippen LogP contribution is 2.29. The van der Waals surface area contributed by atoms with E-state index in [1.165, 1.54) is 0 Å². The average molecular weight is 218 g/mol. The first-order valence-corrected chi connectivity index (χ1v) is 5.52. The molecule has 4 nitrogen and oxygen atoms in total. The highest BCUT2D eigenvalue weighted by molar-refractivity contribution is 5.76. The summed E-state index contributed by atoms with van der Waals surface area (Å²) in [6.07, 6.45) is 1.32. The average Bonchev–Trinajstić information content (AvgIpc) is 2.83. The minimum atomic E-state index is 0.263. The summed E-state index contributed by atoms with van der Waals surface area (Å²) in [4.78, 5) is 7.77. The lowest BCUT2D eigenvalue weighted by molar-refractivity contribution is 0.123. The van der Waals surface area contributed by atoms with Crippen molar-refractivity contribution in [2.75, 3.05) is 6.61 Å². The lowest BCUT2D eigenvalue weighted by Gasteiger charge is -2.01. The van der Waals surface area contributed by atoms with E-state index >= 15 is 0 Å². The summed E-state index contributed by atoms with van der Waals surface area (Å²) in [7, 11) is 0. The summed E-state index contributed by atoms with van der Waals surface area (Å²) in [6, 6.07) is 5.18. The van der Waals surface area contributed by atoms with E-state index in [9.17, 15) is 5.11 Å². The second kappa shape index (κ2) is 3.49. The molecular weight excluding hydrogens is 204 g/mol. The summed E-state index contributed by atoms with van der Waals surface area (Å²) in [5.41, 5.74) is 1.78. The van der Waals surface area contributed by atoms with Gasteiger partial charge in [-0.15, -0.1) is 0 Å². The Bertz CT molecular complexity index is 521. The Hall–Kier alpha value is -1.55. The van der Waals surface area contributed by atoms with E-state index < -0.39 is 0 Å². The van der Waals surface area contributed by atoms with Crippen molar-refractivity contribution in [1.82, 2.24) is 9.97 Å². The number of fused-ring (bicyclic) bond motifs is 1. The molecule has 1 aliphatic rings. The molecule has 0 saturated carbocycles. The first-order chi connectivity index (χ1) is 7.72. The molecule has 84 valence electrons. The summed E-state index contributed by atoms with van der Waals surface area (Å²) in [5.74, 6) is 1.58. The Kier molecular flexibility index (Phi) is 2.11. The van der Waals surface area contributed by atoms with Gasteiger partial charge in [0.15, 0.2) is 0 Å². The molecule has 0 spiro atoms. The topological polar surface area (TPSA) is 58.1 Å². The first-order valence-electron chi connectivity index (χ1n) is 5.52. The molecule has 2 atom stereocenters. The molecule has 0 radical (unpaired) electrons. The molecule has 1 fully saturated rings. The molecule has 16 heavy (non-hydrogen) atoms. The Balaban J connectivity index is 1.99. The number of hydrogen-bond donors (Lipinski definition) is 2. The van der Waals surface area contributed by atoms with Crippen molar-refractivity contribution in [2.24, 2.45) is 0 Å². The monoisotopic (exact) mass is 218 g/mol. The summed E-state index contributed by atoms with van der Waals surface area (Å²) < 4.78 is 5.53. The molecule has 1 saturated heterocycles. The van der Waals surface area contributed by atoms with Gasteiger partial charge in [0.2, 0.25) is 0 Å². The number of H-pyrrole nitrogens is 1. The summed E-state index contributed by atoms with van der Waals surface area (Å²) >= 11 is 0. The van der Waals surface area contributed by atoms with Crippen LogP contribution in [0.15, 0.2) is 18.2 Å². The number of nitrogens with zero attached hydrogens (tertiary/aromatic N) is 1. The quantitative estimate of drug-likeness (QED) is 0.771. The van der Waals surface area contributed by atoms with E-state index in [2.05, 4.69) is 16.9 Å². The molecule has 2 N–H and O–H groups in total. The number of aromatic hydroxyl groups is 1. The molecule has 2 heterocycles. The second-order valence-corrected chi connectivity index (χ2v) is 4.40. The van der Waals surface area contributed by atoms with Crippen LogP contribution in [0.1, 0.15) is 25.1 Å². The normalized spacial score (nSPS) is 25.3. The first kappa shape index (κ1) is 9.66. The number of phenolic OH excluding ortho intramolecular Hbond substituents is 1. The smallest absolute Gasteiger partial charge is 0.117 e. The molecule has 1 aromatic carbocycles. The summed E-state index contributed by atoms with van der Waals surface area (Å²) in [5, 5.41) is 9.37. The standard InChI is InChI=1S/C12H14N2O2/c1-7-4-8(6-16-7)12-13-10-3-2-9(15)5-11(10)14-12/h2-3,5,7-8,15H,4,6H2,1H3,(H,13,14). The van der Waals surface area contributed by atoms with E-state index in [0.717, 1.165) is 29.9 Å². The number of benzene rings is 1. The van der Waals surface area contributed by atoms with Gasteiger partial charge in [-0.3, -0.25) is 0 Å². The SMILES string of the molecule is CC1CC(c2nc3ccc(O)cc3[nH]2)CO1. The Morgan fingerprint density at radius 1 is 1.50 bits per heavy atom.